The molecule has 0 bridgehead atoms. The minimum absolute atomic E-state index is 0.143. The molecule has 5 rings (SSSR count). The molecule has 0 atom stereocenters. The zero-order valence-corrected chi connectivity index (χ0v) is 15.8. The Balaban J connectivity index is 1.83. The van der Waals surface area contributed by atoms with Crippen LogP contribution in [0.3, 0.4) is 0 Å². The van der Waals surface area contributed by atoms with Gasteiger partial charge in [-0.2, -0.15) is 0 Å². The van der Waals surface area contributed by atoms with Crippen LogP contribution in [-0.4, -0.2) is 9.91 Å². The summed E-state index contributed by atoms with van der Waals surface area (Å²) in [4.78, 5) is 27.5. The summed E-state index contributed by atoms with van der Waals surface area (Å²) in [5, 5.41) is 11.8. The molecule has 1 N–H and O–H groups in total. The highest BCUT2D eigenvalue weighted by molar-refractivity contribution is 6.00. The second-order valence-electron chi connectivity index (χ2n) is 7.08. The number of hydrogen-bond donors (Lipinski definition) is 1. The van der Waals surface area contributed by atoms with E-state index in [0.717, 1.165) is 16.8 Å². The number of nitro benzene ring substituents is 1. The van der Waals surface area contributed by atoms with E-state index in [-0.39, 0.29) is 16.5 Å². The summed E-state index contributed by atoms with van der Waals surface area (Å²) in [5.74, 6) is 0. The Bertz CT molecular complexity index is 1450. The van der Waals surface area contributed by atoms with Gasteiger partial charge in [0, 0.05) is 18.6 Å². The number of nitrogens with one attached hydrogen (secondary N) is 1. The number of non-ortho nitro benzene ring substituents is 1. The fraction of sp³-hybridized carbons (Fsp3) is 0.0417. The smallest absolute Gasteiger partial charge is 0.270 e. The van der Waals surface area contributed by atoms with Crippen molar-refractivity contribution in [2.75, 3.05) is 0 Å². The van der Waals surface area contributed by atoms with Gasteiger partial charge in [0.1, 0.15) is 5.58 Å². The number of hydrogen-bond acceptors (Lipinski definition) is 4. The maximum Gasteiger partial charge on any atom is 0.270 e. The largest absolute Gasteiger partial charge is 0.454 e. The third-order valence-electron chi connectivity index (χ3n) is 5.17. The van der Waals surface area contributed by atoms with E-state index in [1.165, 1.54) is 18.2 Å². The molecule has 6 nitrogen and oxygen atoms in total. The molecular weight excluding hydrogens is 380 g/mol. The van der Waals surface area contributed by atoms with Crippen LogP contribution in [-0.2, 0) is 6.42 Å². The molecule has 0 aliphatic heterocycles. The predicted molar refractivity (Wildman–Crippen MR) is 116 cm³/mol. The van der Waals surface area contributed by atoms with Gasteiger partial charge in [0.25, 0.3) is 5.69 Å². The number of H-pyrrole nitrogens is 1. The minimum atomic E-state index is -0.515. The normalized spacial score (nSPS) is 11.2. The second kappa shape index (κ2) is 7.00. The van der Waals surface area contributed by atoms with Crippen LogP contribution in [0.1, 0.15) is 11.3 Å². The third kappa shape index (κ3) is 2.95. The number of fused-ring (bicyclic) bond motifs is 2. The van der Waals surface area contributed by atoms with Crippen molar-refractivity contribution in [2.24, 2.45) is 0 Å². The number of aromatic amines is 1. The maximum absolute atomic E-state index is 13.4. The molecule has 0 saturated heterocycles. The van der Waals surface area contributed by atoms with E-state index in [4.69, 9.17) is 4.42 Å². The highest BCUT2D eigenvalue weighted by Gasteiger charge is 2.21. The number of nitro groups is 1. The van der Waals surface area contributed by atoms with Gasteiger partial charge in [-0.1, -0.05) is 60.7 Å². The van der Waals surface area contributed by atoms with E-state index >= 15 is 0 Å². The first-order chi connectivity index (χ1) is 14.6. The van der Waals surface area contributed by atoms with Crippen molar-refractivity contribution in [1.29, 1.82) is 0 Å². The SMILES string of the molecule is O=c1c2cc([N+](=O)[O-])ccc2oc2c(Cc3ccccc3)[nH]c(-c3ccccc3)c12. The van der Waals surface area contributed by atoms with Crippen LogP contribution in [0, 0.1) is 10.1 Å². The van der Waals surface area contributed by atoms with Crippen LogP contribution in [0.25, 0.3) is 33.2 Å². The summed E-state index contributed by atoms with van der Waals surface area (Å²) in [6.07, 6.45) is 0.561. The molecule has 146 valence electrons. The molecule has 2 aromatic heterocycles. The second-order valence-corrected chi connectivity index (χ2v) is 7.08. The lowest BCUT2D eigenvalue weighted by Crippen LogP contribution is -2.03. The van der Waals surface area contributed by atoms with E-state index < -0.39 is 4.92 Å². The predicted octanol–water partition coefficient (Wildman–Crippen LogP) is 5.44. The van der Waals surface area contributed by atoms with E-state index in [1.807, 2.05) is 60.7 Å². The first-order valence-corrected chi connectivity index (χ1v) is 9.47. The maximum atomic E-state index is 13.4. The van der Waals surface area contributed by atoms with Crippen LogP contribution < -0.4 is 5.43 Å². The molecule has 0 radical (unpaired) electrons. The zero-order chi connectivity index (χ0) is 20.7. The monoisotopic (exact) mass is 396 g/mol. The topological polar surface area (TPSA) is 89.1 Å². The van der Waals surface area contributed by atoms with Gasteiger partial charge in [0.2, 0.25) is 5.43 Å². The van der Waals surface area contributed by atoms with Gasteiger partial charge >= 0.3 is 0 Å². The Hall–Kier alpha value is -4.19. The minimum Gasteiger partial charge on any atom is -0.454 e. The summed E-state index contributed by atoms with van der Waals surface area (Å²) in [6.45, 7) is 0. The summed E-state index contributed by atoms with van der Waals surface area (Å²) in [5.41, 5.74) is 3.73. The molecule has 3 aromatic carbocycles. The lowest BCUT2D eigenvalue weighted by molar-refractivity contribution is -0.384. The average Bonchev–Trinajstić information content (AvgIpc) is 3.13. The van der Waals surface area contributed by atoms with Gasteiger partial charge in [-0.15, -0.1) is 0 Å². The van der Waals surface area contributed by atoms with E-state index in [9.17, 15) is 14.9 Å². The molecule has 0 spiro atoms. The molecule has 0 aliphatic rings. The summed E-state index contributed by atoms with van der Waals surface area (Å²) >= 11 is 0. The molecule has 0 saturated carbocycles. The molecule has 6 heteroatoms. The van der Waals surface area contributed by atoms with Gasteiger partial charge < -0.3 is 9.40 Å². The van der Waals surface area contributed by atoms with Gasteiger partial charge in [-0.25, -0.2) is 0 Å². The van der Waals surface area contributed by atoms with Gasteiger partial charge in [-0.05, 0) is 17.2 Å². The van der Waals surface area contributed by atoms with Crippen molar-refractivity contribution in [2.45, 2.75) is 6.42 Å². The highest BCUT2D eigenvalue weighted by atomic mass is 16.6. The van der Waals surface area contributed by atoms with Crippen molar-refractivity contribution >= 4 is 27.6 Å². The van der Waals surface area contributed by atoms with E-state index in [0.29, 0.717) is 28.7 Å². The van der Waals surface area contributed by atoms with Crippen LogP contribution in [0.15, 0.2) is 88.1 Å². The fourth-order valence-electron chi connectivity index (χ4n) is 3.75. The Morgan fingerprint density at radius 2 is 1.63 bits per heavy atom. The van der Waals surface area contributed by atoms with Crippen LogP contribution in [0.4, 0.5) is 5.69 Å². The average molecular weight is 396 g/mol. The van der Waals surface area contributed by atoms with Crippen molar-refractivity contribution < 1.29 is 9.34 Å². The first kappa shape index (κ1) is 17.9. The summed E-state index contributed by atoms with van der Waals surface area (Å²) in [7, 11) is 0. The standard InChI is InChI=1S/C24H16N2O4/c27-23-18-14-17(26(28)29)11-12-20(18)30-24-19(13-15-7-3-1-4-8-15)25-22(21(23)24)16-9-5-2-6-10-16/h1-12,14,25H,13H2. The van der Waals surface area contributed by atoms with E-state index in [2.05, 4.69) is 4.98 Å². The van der Waals surface area contributed by atoms with Crippen LogP contribution >= 0.6 is 0 Å². The quantitative estimate of drug-likeness (QED) is 0.323. The van der Waals surface area contributed by atoms with E-state index in [1.54, 1.807) is 0 Å². The van der Waals surface area contributed by atoms with Crippen LogP contribution in [0.5, 0.6) is 0 Å². The molecule has 0 aliphatic carbocycles. The third-order valence-corrected chi connectivity index (χ3v) is 5.17. The zero-order valence-electron chi connectivity index (χ0n) is 15.8. The molecule has 30 heavy (non-hydrogen) atoms. The Labute approximate surface area is 170 Å². The van der Waals surface area contributed by atoms with Crippen molar-refractivity contribution in [1.82, 2.24) is 4.98 Å². The lowest BCUT2D eigenvalue weighted by Gasteiger charge is -2.02. The van der Waals surface area contributed by atoms with Crippen LogP contribution in [0.2, 0.25) is 0 Å². The fourth-order valence-corrected chi connectivity index (χ4v) is 3.75. The van der Waals surface area contributed by atoms with Gasteiger partial charge in [0.15, 0.2) is 5.58 Å². The number of rotatable bonds is 4. The highest BCUT2D eigenvalue weighted by Crippen LogP contribution is 2.32. The number of aromatic nitrogens is 1. The van der Waals surface area contributed by atoms with Gasteiger partial charge in [-0.3, -0.25) is 14.9 Å². The summed E-state index contributed by atoms with van der Waals surface area (Å²) < 4.78 is 6.11. The lowest BCUT2D eigenvalue weighted by atomic mass is 10.1. The van der Waals surface area contributed by atoms with Crippen molar-refractivity contribution in [3.05, 3.63) is 110 Å². The van der Waals surface area contributed by atoms with Crippen molar-refractivity contribution in [3.63, 3.8) is 0 Å². The molecule has 5 aromatic rings. The molecule has 0 amide bonds. The molecule has 2 heterocycles. The van der Waals surface area contributed by atoms with Gasteiger partial charge in [0.05, 0.1) is 27.1 Å². The summed E-state index contributed by atoms with van der Waals surface area (Å²) in [6, 6.07) is 23.5. The Kier molecular flexibility index (Phi) is 4.17. The van der Waals surface area contributed by atoms with Crippen molar-refractivity contribution in [3.8, 4) is 11.3 Å². The Morgan fingerprint density at radius 1 is 0.933 bits per heavy atom. The first-order valence-electron chi connectivity index (χ1n) is 9.47. The molecule has 0 unspecified atom stereocenters. The Morgan fingerprint density at radius 3 is 2.33 bits per heavy atom. The number of benzene rings is 3. The molecular formula is C24H16N2O4. The number of nitrogens with zero attached hydrogens (tertiary/aromatic N) is 1. The molecule has 0 fully saturated rings.